The zero-order valence-corrected chi connectivity index (χ0v) is 10.0. The number of thiazole rings is 1. The van der Waals surface area contributed by atoms with Crippen molar-refractivity contribution in [3.8, 4) is 0 Å². The van der Waals surface area contributed by atoms with Gasteiger partial charge < -0.3 is 5.32 Å². The van der Waals surface area contributed by atoms with E-state index in [2.05, 4.69) is 27.5 Å². The van der Waals surface area contributed by atoms with Crippen molar-refractivity contribution in [1.82, 2.24) is 25.3 Å². The zero-order chi connectivity index (χ0) is 11.2. The molecular weight excluding hydrogens is 222 g/mol. The Morgan fingerprint density at radius 2 is 2.44 bits per heavy atom. The van der Waals surface area contributed by atoms with Crippen LogP contribution in [-0.2, 0) is 6.54 Å². The van der Waals surface area contributed by atoms with Crippen molar-refractivity contribution in [3.05, 3.63) is 29.0 Å². The molecule has 0 spiro atoms. The molecule has 1 N–H and O–H groups in total. The maximum atomic E-state index is 4.27. The lowest BCUT2D eigenvalue weighted by molar-refractivity contribution is 0.498. The Balaban J connectivity index is 1.65. The molecule has 0 bridgehead atoms. The molecule has 0 amide bonds. The Morgan fingerprint density at radius 1 is 1.50 bits per heavy atom. The van der Waals surface area contributed by atoms with Crippen molar-refractivity contribution in [3.63, 3.8) is 0 Å². The molecule has 2 rings (SSSR count). The van der Waals surface area contributed by atoms with Gasteiger partial charge in [-0.25, -0.2) is 4.98 Å². The second-order valence-corrected chi connectivity index (χ2v) is 4.49. The van der Waals surface area contributed by atoms with E-state index in [9.17, 15) is 0 Å². The van der Waals surface area contributed by atoms with Gasteiger partial charge in [0, 0.05) is 24.3 Å². The molecular formula is C10H15N5S. The Bertz CT molecular complexity index is 383. The number of aryl methyl sites for hydroxylation is 1. The van der Waals surface area contributed by atoms with Gasteiger partial charge in [-0.3, -0.25) is 4.68 Å². The lowest BCUT2D eigenvalue weighted by Crippen LogP contribution is -2.21. The average Bonchev–Trinajstić information content (AvgIpc) is 2.96. The first kappa shape index (κ1) is 11.2. The second kappa shape index (κ2) is 5.72. The number of hydrogen-bond donors (Lipinski definition) is 1. The van der Waals surface area contributed by atoms with Crippen molar-refractivity contribution in [1.29, 1.82) is 0 Å². The van der Waals surface area contributed by atoms with Crippen molar-refractivity contribution >= 4 is 11.3 Å². The van der Waals surface area contributed by atoms with Gasteiger partial charge in [-0.15, -0.1) is 16.4 Å². The molecule has 1 atom stereocenters. The molecule has 0 aliphatic carbocycles. The molecule has 86 valence electrons. The summed E-state index contributed by atoms with van der Waals surface area (Å²) in [6.07, 6.45) is 6.46. The minimum absolute atomic E-state index is 0.329. The third-order valence-corrected chi connectivity index (χ3v) is 3.27. The van der Waals surface area contributed by atoms with Gasteiger partial charge in [0.05, 0.1) is 12.2 Å². The highest BCUT2D eigenvalue weighted by Crippen LogP contribution is 2.14. The quantitative estimate of drug-likeness (QED) is 0.773. The van der Waals surface area contributed by atoms with Gasteiger partial charge in [-0.2, -0.15) is 0 Å². The van der Waals surface area contributed by atoms with Crippen LogP contribution in [0, 0.1) is 0 Å². The van der Waals surface area contributed by atoms with Crippen molar-refractivity contribution in [2.24, 2.45) is 0 Å². The summed E-state index contributed by atoms with van der Waals surface area (Å²) < 4.78 is 1.84. The number of aromatic nitrogens is 4. The molecule has 0 fully saturated rings. The Labute approximate surface area is 98.5 Å². The van der Waals surface area contributed by atoms with Crippen LogP contribution in [0.4, 0.5) is 0 Å². The van der Waals surface area contributed by atoms with Crippen LogP contribution in [0.25, 0.3) is 0 Å². The van der Waals surface area contributed by atoms with Crippen LogP contribution >= 0.6 is 11.3 Å². The Morgan fingerprint density at radius 3 is 3.12 bits per heavy atom. The van der Waals surface area contributed by atoms with E-state index in [1.807, 2.05) is 22.5 Å². The predicted octanol–water partition coefficient (Wildman–Crippen LogP) is 1.48. The smallest absolute Gasteiger partial charge is 0.109 e. The SMILES string of the molecule is CC(NCCCn1ccnn1)c1nccs1. The number of rotatable bonds is 6. The van der Waals surface area contributed by atoms with Gasteiger partial charge in [0.15, 0.2) is 0 Å². The normalized spacial score (nSPS) is 12.8. The minimum Gasteiger partial charge on any atom is -0.308 e. The third kappa shape index (κ3) is 3.11. The topological polar surface area (TPSA) is 55.6 Å². The lowest BCUT2D eigenvalue weighted by atomic mass is 10.3. The summed E-state index contributed by atoms with van der Waals surface area (Å²) in [5.74, 6) is 0. The second-order valence-electron chi connectivity index (χ2n) is 3.57. The van der Waals surface area contributed by atoms with E-state index < -0.39 is 0 Å². The first-order chi connectivity index (χ1) is 7.86. The number of hydrogen-bond acceptors (Lipinski definition) is 5. The molecule has 2 aromatic rings. The fourth-order valence-corrected chi connectivity index (χ4v) is 2.12. The lowest BCUT2D eigenvalue weighted by Gasteiger charge is -2.10. The molecule has 2 heterocycles. The summed E-state index contributed by atoms with van der Waals surface area (Å²) in [6.45, 7) is 3.99. The van der Waals surface area contributed by atoms with Gasteiger partial charge in [0.2, 0.25) is 0 Å². The highest BCUT2D eigenvalue weighted by Gasteiger charge is 2.05. The van der Waals surface area contributed by atoms with Crippen LogP contribution in [-0.4, -0.2) is 26.5 Å². The summed E-state index contributed by atoms with van der Waals surface area (Å²) in [7, 11) is 0. The molecule has 1 unspecified atom stereocenters. The summed E-state index contributed by atoms with van der Waals surface area (Å²) in [6, 6.07) is 0.329. The monoisotopic (exact) mass is 237 g/mol. The summed E-state index contributed by atoms with van der Waals surface area (Å²) in [4.78, 5) is 4.27. The molecule has 6 heteroatoms. The number of nitrogens with one attached hydrogen (secondary N) is 1. The number of nitrogens with zero attached hydrogens (tertiary/aromatic N) is 4. The standard InChI is InChI=1S/C10H15N5S/c1-9(10-12-5-8-16-10)11-3-2-6-15-7-4-13-14-15/h4-5,7-9,11H,2-3,6H2,1H3. The molecule has 0 aliphatic rings. The van der Waals surface area contributed by atoms with Gasteiger partial charge in [-0.1, -0.05) is 5.21 Å². The average molecular weight is 237 g/mol. The minimum atomic E-state index is 0.329. The van der Waals surface area contributed by atoms with E-state index in [1.165, 1.54) is 0 Å². The third-order valence-electron chi connectivity index (χ3n) is 2.31. The Kier molecular flexibility index (Phi) is 4.01. The van der Waals surface area contributed by atoms with Crippen LogP contribution in [0.2, 0.25) is 0 Å². The van der Waals surface area contributed by atoms with E-state index in [1.54, 1.807) is 17.5 Å². The first-order valence-electron chi connectivity index (χ1n) is 5.33. The van der Waals surface area contributed by atoms with Gasteiger partial charge in [-0.05, 0) is 19.9 Å². The summed E-state index contributed by atoms with van der Waals surface area (Å²) in [5.41, 5.74) is 0. The summed E-state index contributed by atoms with van der Waals surface area (Å²) in [5, 5.41) is 14.2. The van der Waals surface area contributed by atoms with Crippen LogP contribution < -0.4 is 5.32 Å². The maximum Gasteiger partial charge on any atom is 0.109 e. The van der Waals surface area contributed by atoms with E-state index in [4.69, 9.17) is 0 Å². The van der Waals surface area contributed by atoms with Gasteiger partial charge in [0.25, 0.3) is 0 Å². The Hall–Kier alpha value is -1.27. The largest absolute Gasteiger partial charge is 0.308 e. The van der Waals surface area contributed by atoms with Gasteiger partial charge in [0.1, 0.15) is 5.01 Å². The zero-order valence-electron chi connectivity index (χ0n) is 9.21. The fraction of sp³-hybridized carbons (Fsp3) is 0.500. The molecule has 0 radical (unpaired) electrons. The van der Waals surface area contributed by atoms with E-state index in [-0.39, 0.29) is 0 Å². The summed E-state index contributed by atoms with van der Waals surface area (Å²) >= 11 is 1.69. The fourth-order valence-electron chi connectivity index (χ4n) is 1.45. The predicted molar refractivity (Wildman–Crippen MR) is 63.2 cm³/mol. The molecule has 16 heavy (non-hydrogen) atoms. The van der Waals surface area contributed by atoms with E-state index >= 15 is 0 Å². The molecule has 0 saturated carbocycles. The first-order valence-corrected chi connectivity index (χ1v) is 6.21. The molecule has 5 nitrogen and oxygen atoms in total. The highest BCUT2D eigenvalue weighted by molar-refractivity contribution is 7.09. The molecule has 0 aliphatic heterocycles. The van der Waals surface area contributed by atoms with Crippen LogP contribution in [0.5, 0.6) is 0 Å². The molecule has 2 aromatic heterocycles. The van der Waals surface area contributed by atoms with Crippen molar-refractivity contribution < 1.29 is 0 Å². The van der Waals surface area contributed by atoms with Crippen LogP contribution in [0.15, 0.2) is 24.0 Å². The van der Waals surface area contributed by atoms with E-state index in [0.29, 0.717) is 6.04 Å². The van der Waals surface area contributed by atoms with E-state index in [0.717, 1.165) is 24.5 Å². The molecule has 0 aromatic carbocycles. The van der Waals surface area contributed by atoms with Crippen LogP contribution in [0.3, 0.4) is 0 Å². The molecule has 0 saturated heterocycles. The van der Waals surface area contributed by atoms with Gasteiger partial charge >= 0.3 is 0 Å². The van der Waals surface area contributed by atoms with Crippen LogP contribution in [0.1, 0.15) is 24.4 Å². The highest BCUT2D eigenvalue weighted by atomic mass is 32.1. The van der Waals surface area contributed by atoms with Crippen molar-refractivity contribution in [2.45, 2.75) is 25.9 Å². The van der Waals surface area contributed by atoms with Crippen molar-refractivity contribution in [2.75, 3.05) is 6.54 Å². The maximum absolute atomic E-state index is 4.27.